The highest BCUT2D eigenvalue weighted by molar-refractivity contribution is 5.97. The van der Waals surface area contributed by atoms with Crippen LogP contribution in [0.4, 0.5) is 4.39 Å². The summed E-state index contributed by atoms with van der Waals surface area (Å²) >= 11 is 0. The molecule has 0 saturated heterocycles. The second-order valence-corrected chi connectivity index (χ2v) is 6.85. The predicted octanol–water partition coefficient (Wildman–Crippen LogP) is 4.96. The highest BCUT2D eigenvalue weighted by atomic mass is 19.1. The van der Waals surface area contributed by atoms with Crippen LogP contribution in [0, 0.1) is 5.82 Å². The van der Waals surface area contributed by atoms with E-state index in [9.17, 15) is 4.39 Å². The number of aromatic amines is 2. The van der Waals surface area contributed by atoms with E-state index in [1.165, 1.54) is 6.07 Å². The zero-order valence-electron chi connectivity index (χ0n) is 15.4. The van der Waals surface area contributed by atoms with Gasteiger partial charge >= 0.3 is 0 Å². The largest absolute Gasteiger partial charge is 0.472 e. The Balaban J connectivity index is 1.56. The lowest BCUT2D eigenvalue weighted by atomic mass is 10.0. The van der Waals surface area contributed by atoms with Crippen LogP contribution in [0.3, 0.4) is 0 Å². The third-order valence-electron chi connectivity index (χ3n) is 5.07. The quantitative estimate of drug-likeness (QED) is 0.441. The first-order valence-corrected chi connectivity index (χ1v) is 9.23. The first-order valence-electron chi connectivity index (χ1n) is 9.23. The topological polar surface area (TPSA) is 96.3 Å². The van der Waals surface area contributed by atoms with E-state index in [1.807, 2.05) is 30.3 Å². The maximum absolute atomic E-state index is 14.8. The molecule has 8 heteroatoms. The van der Waals surface area contributed by atoms with E-state index < -0.39 is 5.82 Å². The minimum Gasteiger partial charge on any atom is -0.472 e. The summed E-state index contributed by atoms with van der Waals surface area (Å²) in [5, 5.41) is 7.70. The number of halogens is 1. The first-order chi connectivity index (χ1) is 14.8. The highest BCUT2D eigenvalue weighted by Gasteiger charge is 2.18. The van der Waals surface area contributed by atoms with Crippen LogP contribution in [0.15, 0.2) is 71.9 Å². The minimum atomic E-state index is -0.415. The Bertz CT molecular complexity index is 1500. The van der Waals surface area contributed by atoms with E-state index in [0.29, 0.717) is 28.1 Å². The van der Waals surface area contributed by atoms with E-state index in [4.69, 9.17) is 4.42 Å². The molecular formula is C22H13FN6O. The van der Waals surface area contributed by atoms with Gasteiger partial charge in [-0.1, -0.05) is 6.07 Å². The SMILES string of the molecule is Fc1cc(-c2cccnc2)cc2c(-c3nc4nccc(-c5ccoc5)c4[nH]3)[nH]nc12. The van der Waals surface area contributed by atoms with Gasteiger partial charge in [0.05, 0.1) is 18.0 Å². The first kappa shape index (κ1) is 16.6. The molecule has 144 valence electrons. The van der Waals surface area contributed by atoms with Gasteiger partial charge in [-0.3, -0.25) is 10.1 Å². The lowest BCUT2D eigenvalue weighted by Crippen LogP contribution is -1.85. The van der Waals surface area contributed by atoms with Crippen molar-refractivity contribution in [3.05, 3.63) is 73.3 Å². The van der Waals surface area contributed by atoms with Gasteiger partial charge in [0.15, 0.2) is 17.3 Å². The second-order valence-electron chi connectivity index (χ2n) is 6.85. The number of aromatic nitrogens is 6. The van der Waals surface area contributed by atoms with Gasteiger partial charge in [-0.15, -0.1) is 0 Å². The molecular weight excluding hydrogens is 383 g/mol. The van der Waals surface area contributed by atoms with Crippen molar-refractivity contribution in [2.45, 2.75) is 0 Å². The number of furan rings is 1. The Morgan fingerprint density at radius 3 is 2.80 bits per heavy atom. The number of benzene rings is 1. The van der Waals surface area contributed by atoms with Crippen LogP contribution in [-0.4, -0.2) is 30.1 Å². The normalized spacial score (nSPS) is 11.5. The zero-order valence-corrected chi connectivity index (χ0v) is 15.4. The summed E-state index contributed by atoms with van der Waals surface area (Å²) in [7, 11) is 0. The summed E-state index contributed by atoms with van der Waals surface area (Å²) < 4.78 is 20.0. The molecule has 0 aliphatic heterocycles. The van der Waals surface area contributed by atoms with Crippen LogP contribution in [0.1, 0.15) is 0 Å². The number of fused-ring (bicyclic) bond motifs is 2. The molecule has 1 aromatic carbocycles. The van der Waals surface area contributed by atoms with Crippen LogP contribution in [0.2, 0.25) is 0 Å². The van der Waals surface area contributed by atoms with Crippen molar-refractivity contribution in [3.8, 4) is 33.8 Å². The Kier molecular flexibility index (Phi) is 3.51. The van der Waals surface area contributed by atoms with Gasteiger partial charge in [-0.25, -0.2) is 14.4 Å². The molecule has 0 bridgehead atoms. The maximum Gasteiger partial charge on any atom is 0.178 e. The van der Waals surface area contributed by atoms with Gasteiger partial charge in [0.1, 0.15) is 11.2 Å². The van der Waals surface area contributed by atoms with E-state index in [0.717, 1.165) is 22.2 Å². The summed E-state index contributed by atoms with van der Waals surface area (Å²) in [5.41, 5.74) is 5.52. The molecule has 0 aliphatic carbocycles. The maximum atomic E-state index is 14.8. The number of nitrogens with zero attached hydrogens (tertiary/aromatic N) is 4. The van der Waals surface area contributed by atoms with Crippen LogP contribution < -0.4 is 0 Å². The third kappa shape index (κ3) is 2.51. The lowest BCUT2D eigenvalue weighted by Gasteiger charge is -2.02. The summed E-state index contributed by atoms with van der Waals surface area (Å²) in [4.78, 5) is 16.4. The fourth-order valence-corrected chi connectivity index (χ4v) is 3.64. The van der Waals surface area contributed by atoms with Crippen molar-refractivity contribution in [2.24, 2.45) is 0 Å². The van der Waals surface area contributed by atoms with Crippen LogP contribution in [0.25, 0.3) is 55.8 Å². The van der Waals surface area contributed by atoms with Crippen LogP contribution in [-0.2, 0) is 0 Å². The Labute approximate surface area is 168 Å². The van der Waals surface area contributed by atoms with E-state index in [-0.39, 0.29) is 5.52 Å². The van der Waals surface area contributed by atoms with E-state index in [1.54, 1.807) is 31.1 Å². The van der Waals surface area contributed by atoms with Gasteiger partial charge in [-0.05, 0) is 35.9 Å². The Morgan fingerprint density at radius 1 is 1.00 bits per heavy atom. The number of pyridine rings is 2. The van der Waals surface area contributed by atoms with E-state index in [2.05, 4.69) is 30.1 Å². The van der Waals surface area contributed by atoms with Gasteiger partial charge in [-0.2, -0.15) is 5.10 Å². The highest BCUT2D eigenvalue weighted by Crippen LogP contribution is 2.33. The number of rotatable bonds is 3. The smallest absolute Gasteiger partial charge is 0.178 e. The van der Waals surface area contributed by atoms with Gasteiger partial charge in [0.25, 0.3) is 0 Å². The standard InChI is InChI=1S/C22H13FN6O/c23-17-9-14(12-2-1-5-24-10-12)8-16-18(17)28-29-20(16)22-26-19-15(13-4-7-30-11-13)3-6-25-21(19)27-22/h1-11H,(H,28,29)(H,25,26,27). The summed E-state index contributed by atoms with van der Waals surface area (Å²) in [6, 6.07) is 10.8. The average Bonchev–Trinajstić information content (AvgIpc) is 3.52. The molecule has 0 spiro atoms. The molecule has 0 fully saturated rings. The molecule has 6 aromatic rings. The third-order valence-corrected chi connectivity index (χ3v) is 5.07. The van der Waals surface area contributed by atoms with Crippen molar-refractivity contribution in [3.63, 3.8) is 0 Å². The van der Waals surface area contributed by atoms with Gasteiger partial charge < -0.3 is 9.40 Å². The second kappa shape index (κ2) is 6.35. The Morgan fingerprint density at radius 2 is 1.97 bits per heavy atom. The molecule has 7 nitrogen and oxygen atoms in total. The number of H-pyrrole nitrogens is 2. The molecule has 5 aromatic heterocycles. The molecule has 6 rings (SSSR count). The molecule has 30 heavy (non-hydrogen) atoms. The number of imidazole rings is 1. The fraction of sp³-hybridized carbons (Fsp3) is 0. The van der Waals surface area contributed by atoms with Crippen molar-refractivity contribution in [1.29, 1.82) is 0 Å². The number of hydrogen-bond donors (Lipinski definition) is 2. The molecule has 0 unspecified atom stereocenters. The molecule has 0 atom stereocenters. The average molecular weight is 396 g/mol. The lowest BCUT2D eigenvalue weighted by molar-refractivity contribution is 0.568. The van der Waals surface area contributed by atoms with Crippen LogP contribution >= 0.6 is 0 Å². The van der Waals surface area contributed by atoms with Crippen molar-refractivity contribution < 1.29 is 8.81 Å². The van der Waals surface area contributed by atoms with Crippen molar-refractivity contribution in [1.82, 2.24) is 30.1 Å². The summed E-state index contributed by atoms with van der Waals surface area (Å²) in [5.74, 6) is 0.112. The zero-order chi connectivity index (χ0) is 20.1. The predicted molar refractivity (Wildman–Crippen MR) is 110 cm³/mol. The molecule has 2 N–H and O–H groups in total. The molecule has 0 saturated carbocycles. The molecule has 0 aliphatic rings. The molecule has 0 radical (unpaired) electrons. The van der Waals surface area contributed by atoms with Crippen molar-refractivity contribution >= 4 is 22.1 Å². The van der Waals surface area contributed by atoms with Crippen LogP contribution in [0.5, 0.6) is 0 Å². The minimum absolute atomic E-state index is 0.251. The molecule has 5 heterocycles. The van der Waals surface area contributed by atoms with Gasteiger partial charge in [0, 0.05) is 40.7 Å². The number of nitrogens with one attached hydrogen (secondary N) is 2. The molecule has 0 amide bonds. The fourth-order valence-electron chi connectivity index (χ4n) is 3.64. The monoisotopic (exact) mass is 396 g/mol. The summed E-state index contributed by atoms with van der Waals surface area (Å²) in [6.45, 7) is 0. The van der Waals surface area contributed by atoms with Gasteiger partial charge in [0.2, 0.25) is 0 Å². The number of hydrogen-bond acceptors (Lipinski definition) is 5. The van der Waals surface area contributed by atoms with Crippen molar-refractivity contribution in [2.75, 3.05) is 0 Å². The Hall–Kier alpha value is -4.33. The summed E-state index contributed by atoms with van der Waals surface area (Å²) in [6.07, 6.45) is 8.35. The van der Waals surface area contributed by atoms with E-state index >= 15 is 0 Å².